The van der Waals surface area contributed by atoms with Gasteiger partial charge in [0, 0.05) is 0 Å². The lowest BCUT2D eigenvalue weighted by atomic mass is 10.2. The summed E-state index contributed by atoms with van der Waals surface area (Å²) in [6.07, 6.45) is 1.33. The molecule has 2 heterocycles. The van der Waals surface area contributed by atoms with E-state index in [9.17, 15) is 20.0 Å². The largest absolute Gasteiger partial charge is 0.507 e. The van der Waals surface area contributed by atoms with E-state index in [0.717, 1.165) is 0 Å². The van der Waals surface area contributed by atoms with Crippen molar-refractivity contribution in [1.29, 1.82) is 5.26 Å². The summed E-state index contributed by atoms with van der Waals surface area (Å²) in [6.45, 7) is -0.950. The summed E-state index contributed by atoms with van der Waals surface area (Å²) in [5.74, 6) is -1.59. The van der Waals surface area contributed by atoms with Crippen molar-refractivity contribution < 1.29 is 23.8 Å². The van der Waals surface area contributed by atoms with Gasteiger partial charge in [0.05, 0.1) is 17.3 Å². The fourth-order valence-corrected chi connectivity index (χ4v) is 2.24. The fourth-order valence-electron chi connectivity index (χ4n) is 2.24. The summed E-state index contributed by atoms with van der Waals surface area (Å²) < 4.78 is 9.75. The molecule has 27 heavy (non-hydrogen) atoms. The van der Waals surface area contributed by atoms with Crippen LogP contribution in [0.2, 0.25) is 0 Å². The summed E-state index contributed by atoms with van der Waals surface area (Å²) in [5.41, 5.74) is 1.19. The number of hydrogen-bond acceptors (Lipinski definition) is 7. The number of aliphatic hydroxyl groups excluding tert-OH is 1. The number of furan rings is 1. The maximum atomic E-state index is 11.7. The van der Waals surface area contributed by atoms with Crippen LogP contribution in [0.25, 0.3) is 16.6 Å². The van der Waals surface area contributed by atoms with Crippen molar-refractivity contribution in [2.75, 3.05) is 13.2 Å². The average Bonchev–Trinajstić information content (AvgIpc) is 3.34. The molecule has 0 saturated carbocycles. The number of aromatic amines is 1. The maximum absolute atomic E-state index is 11.7. The maximum Gasteiger partial charge on any atom is 0.325 e. The number of carbonyl (C=O) groups is 2. The van der Waals surface area contributed by atoms with Gasteiger partial charge in [-0.3, -0.25) is 9.59 Å². The van der Waals surface area contributed by atoms with Crippen molar-refractivity contribution in [1.82, 2.24) is 15.3 Å². The number of imidazole rings is 1. The van der Waals surface area contributed by atoms with E-state index < -0.39 is 30.8 Å². The zero-order valence-corrected chi connectivity index (χ0v) is 13.9. The molecule has 0 radical (unpaired) electrons. The Labute approximate surface area is 152 Å². The molecule has 3 N–H and O–H groups in total. The molecule has 1 aromatic carbocycles. The first-order valence-corrected chi connectivity index (χ1v) is 7.83. The molecular weight excluding hydrogens is 352 g/mol. The van der Waals surface area contributed by atoms with Crippen LogP contribution in [0.1, 0.15) is 16.4 Å². The van der Waals surface area contributed by atoms with Crippen molar-refractivity contribution in [3.63, 3.8) is 0 Å². The molecule has 0 spiro atoms. The number of nitrogens with one attached hydrogen (secondary N) is 2. The molecule has 1 amide bonds. The van der Waals surface area contributed by atoms with Gasteiger partial charge in [0.2, 0.25) is 0 Å². The molecule has 0 atom stereocenters. The van der Waals surface area contributed by atoms with Gasteiger partial charge in [0.15, 0.2) is 17.3 Å². The van der Waals surface area contributed by atoms with Crippen molar-refractivity contribution >= 4 is 28.5 Å². The van der Waals surface area contributed by atoms with Gasteiger partial charge in [-0.2, -0.15) is 5.26 Å². The number of aromatic nitrogens is 2. The van der Waals surface area contributed by atoms with E-state index in [0.29, 0.717) is 11.0 Å². The normalized spacial score (nSPS) is 11.5. The Morgan fingerprint density at radius 2 is 2.11 bits per heavy atom. The van der Waals surface area contributed by atoms with Gasteiger partial charge in [-0.15, -0.1) is 0 Å². The van der Waals surface area contributed by atoms with Gasteiger partial charge in [0.25, 0.3) is 5.91 Å². The highest BCUT2D eigenvalue weighted by molar-refractivity contribution is 5.93. The minimum absolute atomic E-state index is 0.0576. The number of rotatable bonds is 6. The highest BCUT2D eigenvalue weighted by atomic mass is 16.5. The molecule has 0 fully saturated rings. The van der Waals surface area contributed by atoms with E-state index in [-0.39, 0.29) is 17.2 Å². The summed E-state index contributed by atoms with van der Waals surface area (Å²) >= 11 is 0. The Bertz CT molecular complexity index is 1010. The van der Waals surface area contributed by atoms with Gasteiger partial charge in [0.1, 0.15) is 24.8 Å². The zero-order valence-electron chi connectivity index (χ0n) is 13.9. The Morgan fingerprint density at radius 1 is 1.30 bits per heavy atom. The second-order valence-electron chi connectivity index (χ2n) is 5.36. The number of hydrogen-bond donors (Lipinski definition) is 3. The first-order valence-electron chi connectivity index (χ1n) is 7.83. The molecule has 3 rings (SSSR count). The van der Waals surface area contributed by atoms with E-state index in [2.05, 4.69) is 15.3 Å². The standard InChI is InChI=1S/C18H14N4O5/c19-8-11(17-21-12-4-1-2-5-13(12)22-17)14(23)10-27-16(24)9-20-18(25)15-6-3-7-26-15/h1-7,23H,9-10H2,(H,20,25)(H,21,22). The van der Waals surface area contributed by atoms with Crippen molar-refractivity contribution in [3.8, 4) is 6.07 Å². The lowest BCUT2D eigenvalue weighted by Crippen LogP contribution is -2.30. The number of ether oxygens (including phenoxy) is 1. The number of carbonyl (C=O) groups excluding carboxylic acids is 2. The van der Waals surface area contributed by atoms with E-state index in [4.69, 9.17) is 9.15 Å². The molecule has 0 unspecified atom stereocenters. The Balaban J connectivity index is 1.60. The number of fused-ring (bicyclic) bond motifs is 1. The van der Waals surface area contributed by atoms with Crippen molar-refractivity contribution in [3.05, 3.63) is 60.0 Å². The Kier molecular flexibility index (Phi) is 5.18. The summed E-state index contributed by atoms with van der Waals surface area (Å²) in [4.78, 5) is 30.5. The first-order chi connectivity index (χ1) is 13.1. The summed E-state index contributed by atoms with van der Waals surface area (Å²) in [7, 11) is 0. The van der Waals surface area contributed by atoms with Crippen molar-refractivity contribution in [2.45, 2.75) is 0 Å². The van der Waals surface area contributed by atoms with E-state index in [1.165, 1.54) is 18.4 Å². The highest BCUT2D eigenvalue weighted by Gasteiger charge is 2.16. The van der Waals surface area contributed by atoms with Gasteiger partial charge in [-0.25, -0.2) is 4.98 Å². The van der Waals surface area contributed by atoms with Crippen LogP contribution in [-0.4, -0.2) is 40.1 Å². The third-order valence-corrected chi connectivity index (χ3v) is 3.53. The summed E-state index contributed by atoms with van der Waals surface area (Å²) in [5, 5.41) is 21.7. The highest BCUT2D eigenvalue weighted by Crippen LogP contribution is 2.18. The lowest BCUT2D eigenvalue weighted by Gasteiger charge is -2.06. The summed E-state index contributed by atoms with van der Waals surface area (Å²) in [6, 6.07) is 11.9. The van der Waals surface area contributed by atoms with Crippen LogP contribution in [0.15, 0.2) is 52.8 Å². The van der Waals surface area contributed by atoms with Gasteiger partial charge >= 0.3 is 5.97 Å². The smallest absolute Gasteiger partial charge is 0.325 e. The SMILES string of the molecule is N#CC(=C(O)COC(=O)CNC(=O)c1ccco1)c1nc2ccccc2[nH]1. The molecule has 3 aromatic rings. The lowest BCUT2D eigenvalue weighted by molar-refractivity contribution is -0.142. The minimum Gasteiger partial charge on any atom is -0.507 e. The zero-order chi connectivity index (χ0) is 19.2. The van der Waals surface area contributed by atoms with E-state index >= 15 is 0 Å². The van der Waals surface area contributed by atoms with Crippen molar-refractivity contribution in [2.24, 2.45) is 0 Å². The third-order valence-electron chi connectivity index (χ3n) is 3.53. The van der Waals surface area contributed by atoms with Crippen LogP contribution in [0.4, 0.5) is 0 Å². The number of esters is 1. The molecule has 0 bridgehead atoms. The minimum atomic E-state index is -0.789. The number of nitriles is 1. The van der Waals surface area contributed by atoms with Crippen LogP contribution in [0, 0.1) is 11.3 Å². The van der Waals surface area contributed by atoms with Crippen LogP contribution in [-0.2, 0) is 9.53 Å². The second-order valence-corrected chi connectivity index (χ2v) is 5.36. The topological polar surface area (TPSA) is 141 Å². The number of H-pyrrole nitrogens is 1. The third kappa shape index (κ3) is 4.13. The van der Waals surface area contributed by atoms with Crippen LogP contribution < -0.4 is 5.32 Å². The van der Waals surface area contributed by atoms with Crippen LogP contribution >= 0.6 is 0 Å². The molecular formula is C18H14N4O5. The monoisotopic (exact) mass is 366 g/mol. The van der Waals surface area contributed by atoms with Gasteiger partial charge in [-0.05, 0) is 24.3 Å². The second kappa shape index (κ2) is 7.88. The average molecular weight is 366 g/mol. The predicted molar refractivity (Wildman–Crippen MR) is 93.3 cm³/mol. The van der Waals surface area contributed by atoms with Crippen LogP contribution in [0.5, 0.6) is 0 Å². The molecule has 0 aliphatic rings. The van der Waals surface area contributed by atoms with Crippen LogP contribution in [0.3, 0.4) is 0 Å². The molecule has 9 nitrogen and oxygen atoms in total. The molecule has 0 saturated heterocycles. The molecule has 136 valence electrons. The van der Waals surface area contributed by atoms with E-state index in [1.54, 1.807) is 24.3 Å². The van der Waals surface area contributed by atoms with Gasteiger partial charge in [-0.1, -0.05) is 12.1 Å². The van der Waals surface area contributed by atoms with Gasteiger partial charge < -0.3 is 24.6 Å². The number of para-hydroxylation sites is 2. The number of nitrogens with zero attached hydrogens (tertiary/aromatic N) is 2. The fraction of sp³-hybridized carbons (Fsp3) is 0.111. The number of aliphatic hydroxyl groups is 1. The number of allylic oxidation sites excluding steroid dienone is 1. The molecule has 9 heteroatoms. The molecule has 0 aliphatic carbocycles. The predicted octanol–water partition coefficient (Wildman–Crippen LogP) is 1.92. The molecule has 2 aromatic heterocycles. The Hall–Kier alpha value is -4.06. The number of amides is 1. The quantitative estimate of drug-likeness (QED) is 0.344. The molecule has 0 aliphatic heterocycles. The first kappa shape index (κ1) is 17.8. The number of benzene rings is 1. The van der Waals surface area contributed by atoms with E-state index in [1.807, 2.05) is 6.07 Å². The Morgan fingerprint density at radius 3 is 2.81 bits per heavy atom.